The third kappa shape index (κ3) is 3.90. The van der Waals surface area contributed by atoms with E-state index in [1.54, 1.807) is 17.6 Å². The van der Waals surface area contributed by atoms with Crippen molar-refractivity contribution in [1.29, 1.82) is 0 Å². The summed E-state index contributed by atoms with van der Waals surface area (Å²) < 4.78 is 12.4. The van der Waals surface area contributed by atoms with E-state index in [-0.39, 0.29) is 12.5 Å². The molecule has 1 aromatic carbocycles. The maximum Gasteiger partial charge on any atom is 0.261 e. The van der Waals surface area contributed by atoms with E-state index in [0.717, 1.165) is 5.56 Å². The zero-order chi connectivity index (χ0) is 20.9. The van der Waals surface area contributed by atoms with Crippen molar-refractivity contribution in [2.75, 3.05) is 7.11 Å². The molecule has 0 fully saturated rings. The number of aryl methyl sites for hydroxylation is 1. The highest BCUT2D eigenvalue weighted by molar-refractivity contribution is 5.92. The number of para-hydroxylation sites is 1. The van der Waals surface area contributed by atoms with Crippen LogP contribution in [0, 0.1) is 0 Å². The molecule has 3 heterocycles. The Kier molecular flexibility index (Phi) is 5.51. The summed E-state index contributed by atoms with van der Waals surface area (Å²) in [6.45, 7) is 2.17. The highest BCUT2D eigenvalue weighted by Crippen LogP contribution is 2.22. The molecule has 30 heavy (non-hydrogen) atoms. The fraction of sp³-hybridized carbons (Fsp3) is 0.190. The summed E-state index contributed by atoms with van der Waals surface area (Å²) in [5, 5.41) is 15.2. The normalized spacial score (nSPS) is 11.3. The van der Waals surface area contributed by atoms with Crippen LogP contribution in [0.25, 0.3) is 23.2 Å². The SMILES string of the molecule is CCc1noc(-c2cccn3c(CNC(=O)C=Cc4ccccc4OC)nnc23)n1. The average Bonchev–Trinajstić information content (AvgIpc) is 3.43. The number of carbonyl (C=O) groups excluding carboxylic acids is 1. The number of pyridine rings is 1. The quantitative estimate of drug-likeness (QED) is 0.472. The van der Waals surface area contributed by atoms with Gasteiger partial charge in [-0.25, -0.2) is 0 Å². The minimum atomic E-state index is -0.252. The molecule has 3 aromatic heterocycles. The van der Waals surface area contributed by atoms with Crippen molar-refractivity contribution < 1.29 is 14.1 Å². The second kappa shape index (κ2) is 8.56. The van der Waals surface area contributed by atoms with E-state index in [2.05, 4.69) is 25.7 Å². The van der Waals surface area contributed by atoms with Crippen LogP contribution in [0.5, 0.6) is 5.75 Å². The first-order valence-electron chi connectivity index (χ1n) is 9.44. The Bertz CT molecular complexity index is 1210. The molecule has 0 radical (unpaired) electrons. The Morgan fingerprint density at radius 3 is 2.90 bits per heavy atom. The molecule has 0 saturated heterocycles. The van der Waals surface area contributed by atoms with Crippen LogP contribution in [-0.2, 0) is 17.8 Å². The molecule has 152 valence electrons. The third-order valence-electron chi connectivity index (χ3n) is 4.49. The van der Waals surface area contributed by atoms with Gasteiger partial charge in [-0.1, -0.05) is 30.3 Å². The minimum Gasteiger partial charge on any atom is -0.496 e. The van der Waals surface area contributed by atoms with Crippen LogP contribution >= 0.6 is 0 Å². The highest BCUT2D eigenvalue weighted by atomic mass is 16.5. The van der Waals surface area contributed by atoms with Gasteiger partial charge in [-0.2, -0.15) is 4.98 Å². The molecule has 0 spiro atoms. The minimum absolute atomic E-state index is 0.212. The smallest absolute Gasteiger partial charge is 0.261 e. The van der Waals surface area contributed by atoms with Crippen LogP contribution in [0.4, 0.5) is 0 Å². The van der Waals surface area contributed by atoms with Crippen LogP contribution in [0.2, 0.25) is 0 Å². The van der Waals surface area contributed by atoms with E-state index in [4.69, 9.17) is 9.26 Å². The number of hydrogen-bond donors (Lipinski definition) is 1. The lowest BCUT2D eigenvalue weighted by molar-refractivity contribution is -0.116. The van der Waals surface area contributed by atoms with Crippen molar-refractivity contribution in [3.8, 4) is 17.2 Å². The third-order valence-corrected chi connectivity index (χ3v) is 4.49. The predicted octanol–water partition coefficient (Wildman–Crippen LogP) is 2.68. The molecule has 1 N–H and O–H groups in total. The summed E-state index contributed by atoms with van der Waals surface area (Å²) in [6, 6.07) is 11.1. The summed E-state index contributed by atoms with van der Waals surface area (Å²) in [4.78, 5) is 16.6. The molecular formula is C21H20N6O3. The highest BCUT2D eigenvalue weighted by Gasteiger charge is 2.15. The van der Waals surface area contributed by atoms with Gasteiger partial charge in [0.15, 0.2) is 17.3 Å². The molecule has 0 bridgehead atoms. The van der Waals surface area contributed by atoms with E-state index >= 15 is 0 Å². The molecule has 4 aromatic rings. The number of hydrogen-bond acceptors (Lipinski definition) is 7. The lowest BCUT2D eigenvalue weighted by Gasteiger charge is -2.04. The van der Waals surface area contributed by atoms with Gasteiger partial charge in [0.1, 0.15) is 5.75 Å². The van der Waals surface area contributed by atoms with E-state index in [9.17, 15) is 4.79 Å². The van der Waals surface area contributed by atoms with Gasteiger partial charge in [0.05, 0.1) is 19.2 Å². The van der Waals surface area contributed by atoms with Crippen molar-refractivity contribution >= 4 is 17.6 Å². The summed E-state index contributed by atoms with van der Waals surface area (Å²) in [5.41, 5.74) is 2.09. The Hall–Kier alpha value is -4.01. The first kappa shape index (κ1) is 19.3. The summed E-state index contributed by atoms with van der Waals surface area (Å²) in [7, 11) is 1.59. The molecule has 0 aliphatic carbocycles. The van der Waals surface area contributed by atoms with Gasteiger partial charge in [-0.3, -0.25) is 9.20 Å². The number of nitrogens with one attached hydrogen (secondary N) is 1. The number of rotatable bonds is 7. The van der Waals surface area contributed by atoms with Crippen LogP contribution in [0.1, 0.15) is 24.1 Å². The second-order valence-corrected chi connectivity index (χ2v) is 6.39. The monoisotopic (exact) mass is 404 g/mol. The maximum absolute atomic E-state index is 12.2. The van der Waals surface area contributed by atoms with Crippen LogP contribution in [0.3, 0.4) is 0 Å². The van der Waals surface area contributed by atoms with Crippen LogP contribution in [-0.4, -0.2) is 37.8 Å². The molecule has 0 unspecified atom stereocenters. The number of nitrogens with zero attached hydrogens (tertiary/aromatic N) is 5. The summed E-state index contributed by atoms with van der Waals surface area (Å²) >= 11 is 0. The van der Waals surface area contributed by atoms with Gasteiger partial charge in [-0.05, 0) is 24.3 Å². The lowest BCUT2D eigenvalue weighted by Crippen LogP contribution is -2.21. The Morgan fingerprint density at radius 1 is 1.23 bits per heavy atom. The molecule has 9 nitrogen and oxygen atoms in total. The van der Waals surface area contributed by atoms with Crippen molar-refractivity contribution in [3.63, 3.8) is 0 Å². The van der Waals surface area contributed by atoms with Gasteiger partial charge >= 0.3 is 0 Å². The molecular weight excluding hydrogens is 384 g/mol. The van der Waals surface area contributed by atoms with Crippen molar-refractivity contribution in [3.05, 3.63) is 65.9 Å². The van der Waals surface area contributed by atoms with Crippen LogP contribution in [0.15, 0.2) is 53.2 Å². The first-order valence-corrected chi connectivity index (χ1v) is 9.44. The number of methoxy groups -OCH3 is 1. The average molecular weight is 404 g/mol. The topological polar surface area (TPSA) is 107 Å². The molecule has 0 atom stereocenters. The molecule has 0 aliphatic rings. The van der Waals surface area contributed by atoms with Gasteiger partial charge in [0.2, 0.25) is 5.91 Å². The van der Waals surface area contributed by atoms with Gasteiger partial charge in [0, 0.05) is 24.3 Å². The number of fused-ring (bicyclic) bond motifs is 1. The largest absolute Gasteiger partial charge is 0.496 e. The van der Waals surface area contributed by atoms with E-state index in [1.165, 1.54) is 6.08 Å². The standard InChI is InChI=1S/C21H20N6O3/c1-3-17-23-21(30-26-17)15-8-6-12-27-18(24-25-20(15)27)13-22-19(28)11-10-14-7-4-5-9-16(14)29-2/h4-12H,3,13H2,1-2H3,(H,22,28). The number of aromatic nitrogens is 5. The zero-order valence-electron chi connectivity index (χ0n) is 16.6. The van der Waals surface area contributed by atoms with Crippen molar-refractivity contribution in [2.24, 2.45) is 0 Å². The summed E-state index contributed by atoms with van der Waals surface area (Å²) in [5.74, 6) is 2.05. The van der Waals surface area contributed by atoms with Crippen molar-refractivity contribution in [2.45, 2.75) is 19.9 Å². The van der Waals surface area contributed by atoms with E-state index in [1.807, 2.05) is 49.5 Å². The van der Waals surface area contributed by atoms with Crippen LogP contribution < -0.4 is 10.1 Å². The van der Waals surface area contributed by atoms with Gasteiger partial charge in [0.25, 0.3) is 5.89 Å². The van der Waals surface area contributed by atoms with Crippen molar-refractivity contribution in [1.82, 2.24) is 30.1 Å². The Morgan fingerprint density at radius 2 is 2.10 bits per heavy atom. The molecule has 4 rings (SSSR count). The van der Waals surface area contributed by atoms with Gasteiger partial charge in [-0.15, -0.1) is 10.2 Å². The fourth-order valence-corrected chi connectivity index (χ4v) is 2.95. The molecule has 1 amide bonds. The number of carbonyl (C=O) groups is 1. The summed E-state index contributed by atoms with van der Waals surface area (Å²) in [6.07, 6.45) is 5.66. The Balaban J connectivity index is 1.49. The van der Waals surface area contributed by atoms with E-state index < -0.39 is 0 Å². The molecule has 0 saturated carbocycles. The van der Waals surface area contributed by atoms with E-state index in [0.29, 0.717) is 40.9 Å². The number of amides is 1. The maximum atomic E-state index is 12.2. The molecule has 0 aliphatic heterocycles. The van der Waals surface area contributed by atoms with Gasteiger partial charge < -0.3 is 14.6 Å². The number of ether oxygens (including phenoxy) is 1. The first-order chi connectivity index (χ1) is 14.7. The Labute approximate surface area is 172 Å². The number of benzene rings is 1. The second-order valence-electron chi connectivity index (χ2n) is 6.39. The predicted molar refractivity (Wildman–Crippen MR) is 110 cm³/mol. The lowest BCUT2D eigenvalue weighted by atomic mass is 10.2. The molecule has 9 heteroatoms. The zero-order valence-corrected chi connectivity index (χ0v) is 16.6. The fourth-order valence-electron chi connectivity index (χ4n) is 2.95.